The van der Waals surface area contributed by atoms with Crippen LogP contribution in [-0.4, -0.2) is 0 Å². The summed E-state index contributed by atoms with van der Waals surface area (Å²) in [6.45, 7) is 16.1. The molecule has 82 heavy (non-hydrogen) atoms. The number of benzene rings is 11. The maximum atomic E-state index is 4.24. The SMILES string of the molecule is C=C/C=C\C1=C(C)C2(c3ccccc3-c3c(N(c4ccc(-c5ccccc5)cc4)c4ccc5c(c4)C(C)(C)c4ccccc4-5)cccc32)c2cccc(N(c3ccc(-c4ccccc4)cc3)c3ccc4c(c3)C(C)(C)c3ccccc3-4)c21. The van der Waals surface area contributed by atoms with Crippen molar-refractivity contribution < 1.29 is 0 Å². The molecule has 2 nitrogen and oxygen atoms in total. The largest absolute Gasteiger partial charge is 0.310 e. The fourth-order valence-electron chi connectivity index (χ4n) is 14.9. The normalized spacial score (nSPS) is 16.1. The van der Waals surface area contributed by atoms with Gasteiger partial charge in [0.05, 0.1) is 16.8 Å². The van der Waals surface area contributed by atoms with Crippen LogP contribution < -0.4 is 9.80 Å². The molecule has 1 atom stereocenters. The molecule has 0 bridgehead atoms. The van der Waals surface area contributed by atoms with Crippen LogP contribution in [0.4, 0.5) is 34.1 Å². The smallest absolute Gasteiger partial charge is 0.0687 e. The monoisotopic (exact) mass is 1050 g/mol. The number of hydrogen-bond donors (Lipinski definition) is 0. The van der Waals surface area contributed by atoms with Gasteiger partial charge in [-0.1, -0.05) is 247 Å². The summed E-state index contributed by atoms with van der Waals surface area (Å²) < 4.78 is 0. The molecule has 2 heteroatoms. The lowest BCUT2D eigenvalue weighted by Gasteiger charge is -2.34. The minimum Gasteiger partial charge on any atom is -0.310 e. The summed E-state index contributed by atoms with van der Waals surface area (Å²) in [5, 5.41) is 0. The molecule has 0 N–H and O–H groups in total. The van der Waals surface area contributed by atoms with Crippen molar-refractivity contribution in [1.82, 2.24) is 0 Å². The lowest BCUT2D eigenvalue weighted by atomic mass is 9.70. The average Bonchev–Trinajstić information content (AvgIpc) is 1.66. The van der Waals surface area contributed by atoms with Gasteiger partial charge in [0.1, 0.15) is 0 Å². The molecule has 11 aromatic rings. The highest BCUT2D eigenvalue weighted by Gasteiger charge is 2.53. The van der Waals surface area contributed by atoms with Crippen molar-refractivity contribution in [3.05, 3.63) is 330 Å². The first kappa shape index (κ1) is 49.3. The molecule has 1 spiro atoms. The molecule has 0 heterocycles. The van der Waals surface area contributed by atoms with E-state index in [4.69, 9.17) is 0 Å². The fraction of sp³-hybridized carbons (Fsp3) is 0.100. The molecule has 11 aromatic carbocycles. The van der Waals surface area contributed by atoms with E-state index in [1.807, 2.05) is 6.08 Å². The lowest BCUT2D eigenvalue weighted by Crippen LogP contribution is -2.26. The van der Waals surface area contributed by atoms with E-state index in [0.29, 0.717) is 0 Å². The highest BCUT2D eigenvalue weighted by Crippen LogP contribution is 2.66. The minimum atomic E-state index is -0.636. The Balaban J connectivity index is 0.962. The Morgan fingerprint density at radius 1 is 0.329 bits per heavy atom. The highest BCUT2D eigenvalue weighted by molar-refractivity contribution is 6.05. The Kier molecular flexibility index (Phi) is 11.2. The minimum absolute atomic E-state index is 0.179. The summed E-state index contributed by atoms with van der Waals surface area (Å²) in [5.41, 5.74) is 31.2. The van der Waals surface area contributed by atoms with Crippen LogP contribution in [0.3, 0.4) is 0 Å². The second-order valence-corrected chi connectivity index (χ2v) is 23.6. The van der Waals surface area contributed by atoms with Crippen LogP contribution in [-0.2, 0) is 16.2 Å². The first-order chi connectivity index (χ1) is 40.1. The van der Waals surface area contributed by atoms with Gasteiger partial charge in [-0.15, -0.1) is 0 Å². The molecule has 0 fully saturated rings. The van der Waals surface area contributed by atoms with Crippen molar-refractivity contribution in [2.24, 2.45) is 0 Å². The summed E-state index contributed by atoms with van der Waals surface area (Å²) in [5.74, 6) is 0. The van der Waals surface area contributed by atoms with E-state index in [1.54, 1.807) is 0 Å². The van der Waals surface area contributed by atoms with Crippen molar-refractivity contribution in [2.75, 3.05) is 9.80 Å². The van der Waals surface area contributed by atoms with E-state index in [1.165, 1.54) is 111 Å². The van der Waals surface area contributed by atoms with Crippen LogP contribution in [0, 0.1) is 0 Å². The lowest BCUT2D eigenvalue weighted by molar-refractivity contribution is 0.660. The maximum absolute atomic E-state index is 4.24. The van der Waals surface area contributed by atoms with E-state index in [9.17, 15) is 0 Å². The van der Waals surface area contributed by atoms with Crippen molar-refractivity contribution in [3.8, 4) is 55.6 Å². The van der Waals surface area contributed by atoms with Crippen LogP contribution in [0.1, 0.15) is 79.1 Å². The molecule has 0 saturated heterocycles. The summed E-state index contributed by atoms with van der Waals surface area (Å²) in [4.78, 5) is 5.05. The van der Waals surface area contributed by atoms with Gasteiger partial charge < -0.3 is 9.80 Å². The fourth-order valence-corrected chi connectivity index (χ4v) is 14.9. The highest BCUT2D eigenvalue weighted by atomic mass is 15.2. The Labute approximate surface area is 483 Å². The molecule has 1 unspecified atom stereocenters. The zero-order valence-electron chi connectivity index (χ0n) is 47.1. The molecule has 0 aliphatic heterocycles. The summed E-state index contributed by atoms with van der Waals surface area (Å²) in [7, 11) is 0. The van der Waals surface area contributed by atoms with E-state index in [-0.39, 0.29) is 10.8 Å². The zero-order chi connectivity index (χ0) is 55.5. The predicted molar refractivity (Wildman–Crippen MR) is 345 cm³/mol. The summed E-state index contributed by atoms with van der Waals surface area (Å²) in [6, 6.07) is 95.4. The molecule has 0 saturated carbocycles. The molecule has 4 aliphatic carbocycles. The third kappa shape index (κ3) is 7.14. The summed E-state index contributed by atoms with van der Waals surface area (Å²) >= 11 is 0. The van der Waals surface area contributed by atoms with E-state index in [0.717, 1.165) is 34.1 Å². The van der Waals surface area contributed by atoms with Crippen molar-refractivity contribution >= 4 is 39.7 Å². The van der Waals surface area contributed by atoms with Gasteiger partial charge in [0, 0.05) is 44.7 Å². The van der Waals surface area contributed by atoms with Gasteiger partial charge in [0.15, 0.2) is 0 Å². The van der Waals surface area contributed by atoms with Crippen molar-refractivity contribution in [2.45, 2.75) is 50.9 Å². The Morgan fingerprint density at radius 3 is 1.20 bits per heavy atom. The first-order valence-electron chi connectivity index (χ1n) is 28.9. The van der Waals surface area contributed by atoms with Crippen LogP contribution in [0.15, 0.2) is 285 Å². The molecule has 0 aromatic heterocycles. The van der Waals surface area contributed by atoms with E-state index < -0.39 is 5.41 Å². The number of allylic oxidation sites excluding steroid dienone is 5. The van der Waals surface area contributed by atoms with Crippen LogP contribution in [0.5, 0.6) is 0 Å². The maximum Gasteiger partial charge on any atom is 0.0687 e. The van der Waals surface area contributed by atoms with E-state index >= 15 is 0 Å². The second-order valence-electron chi connectivity index (χ2n) is 23.6. The molecule has 0 amide bonds. The topological polar surface area (TPSA) is 6.48 Å². The number of anilines is 6. The van der Waals surface area contributed by atoms with Gasteiger partial charge in [-0.3, -0.25) is 0 Å². The van der Waals surface area contributed by atoms with Gasteiger partial charge >= 0.3 is 0 Å². The molecule has 392 valence electrons. The van der Waals surface area contributed by atoms with Gasteiger partial charge in [0.2, 0.25) is 0 Å². The number of fused-ring (bicyclic) bond motifs is 13. The van der Waals surface area contributed by atoms with Gasteiger partial charge in [-0.05, 0) is 168 Å². The van der Waals surface area contributed by atoms with E-state index in [2.05, 4.69) is 318 Å². The second kappa shape index (κ2) is 18.7. The van der Waals surface area contributed by atoms with Gasteiger partial charge in [-0.2, -0.15) is 0 Å². The molecule has 4 aliphatic rings. The van der Waals surface area contributed by atoms with Crippen LogP contribution in [0.25, 0.3) is 61.2 Å². The third-order valence-corrected chi connectivity index (χ3v) is 18.7. The Morgan fingerprint density at radius 2 is 0.707 bits per heavy atom. The van der Waals surface area contributed by atoms with Gasteiger partial charge in [0.25, 0.3) is 0 Å². The molecular formula is C80H62N2. The Hall–Kier alpha value is -9.76. The van der Waals surface area contributed by atoms with Crippen molar-refractivity contribution in [1.29, 1.82) is 0 Å². The van der Waals surface area contributed by atoms with Gasteiger partial charge in [-0.25, -0.2) is 0 Å². The third-order valence-electron chi connectivity index (χ3n) is 18.7. The van der Waals surface area contributed by atoms with Crippen LogP contribution >= 0.6 is 0 Å². The Bertz CT molecular complexity index is 4460. The standard InChI is InChI=1S/C80H62N2/c1-7-8-27-61-52(2)80(70-34-21-36-74(76(61)70)81(57-42-38-55(39-43-57)53-23-11-9-12-24-53)59-46-48-64-62-28-15-18-31-67(62)78(3,4)72(64)50-59)69-33-20-17-30-66(69)77-71(80)35-22-37-75(77)82(58-44-40-56(41-45-58)54-25-13-10-14-26-54)60-47-49-65-63-29-16-19-32-68(63)79(5,6)73(65)51-60/h7-51H,1H2,2-6H3/b27-8-. The number of nitrogens with zero attached hydrogens (tertiary/aromatic N) is 2. The first-order valence-corrected chi connectivity index (χ1v) is 28.9. The molecule has 0 radical (unpaired) electrons. The quantitative estimate of drug-likeness (QED) is 0.126. The summed E-state index contributed by atoms with van der Waals surface area (Å²) in [6.07, 6.45) is 6.35. The molecular weight excluding hydrogens is 989 g/mol. The number of hydrogen-bond acceptors (Lipinski definition) is 2. The van der Waals surface area contributed by atoms with Crippen molar-refractivity contribution in [3.63, 3.8) is 0 Å². The average molecular weight is 1050 g/mol. The van der Waals surface area contributed by atoms with Crippen LogP contribution in [0.2, 0.25) is 0 Å². The predicted octanol–water partition coefficient (Wildman–Crippen LogP) is 21.4. The number of rotatable bonds is 10. The molecule has 15 rings (SSSR count). The zero-order valence-corrected chi connectivity index (χ0v) is 47.1.